The Balaban J connectivity index is 1.85. The minimum Gasteiger partial charge on any atom is -0.378 e. The van der Waals surface area contributed by atoms with Crippen LogP contribution in [0, 0.1) is 0 Å². The van der Waals surface area contributed by atoms with Crippen molar-refractivity contribution in [2.24, 2.45) is 0 Å². The molecule has 0 fully saturated rings. The van der Waals surface area contributed by atoms with Gasteiger partial charge in [0.2, 0.25) is 0 Å². The third-order valence-corrected chi connectivity index (χ3v) is 5.00. The van der Waals surface area contributed by atoms with Gasteiger partial charge in [-0.25, -0.2) is 0 Å². The molecular formula is C26H24N2. The molecule has 2 nitrogen and oxygen atoms in total. The van der Waals surface area contributed by atoms with Crippen molar-refractivity contribution in [3.8, 4) is 22.3 Å². The molecule has 0 aliphatic rings. The Morgan fingerprint density at radius 3 is 1.96 bits per heavy atom. The van der Waals surface area contributed by atoms with Crippen LogP contribution in [0.5, 0.6) is 0 Å². The number of hydrogen-bond donors (Lipinski definition) is 0. The van der Waals surface area contributed by atoms with Gasteiger partial charge in [0.15, 0.2) is 0 Å². The van der Waals surface area contributed by atoms with Crippen LogP contribution in [0.25, 0.3) is 22.3 Å². The Labute approximate surface area is 167 Å². The molecule has 28 heavy (non-hydrogen) atoms. The molecule has 4 aromatic rings. The maximum Gasteiger partial charge on any atom is 0.0531 e. The minimum absolute atomic E-state index is 0.814. The first-order valence-corrected chi connectivity index (χ1v) is 9.57. The Morgan fingerprint density at radius 2 is 1.32 bits per heavy atom. The minimum atomic E-state index is 0.814. The van der Waals surface area contributed by atoms with Crippen LogP contribution in [0.2, 0.25) is 0 Å². The van der Waals surface area contributed by atoms with E-state index in [9.17, 15) is 0 Å². The molecule has 0 aliphatic heterocycles. The Kier molecular flexibility index (Phi) is 5.20. The summed E-state index contributed by atoms with van der Waals surface area (Å²) in [4.78, 5) is 6.89. The topological polar surface area (TPSA) is 16.1 Å². The molecule has 0 saturated heterocycles. The van der Waals surface area contributed by atoms with Crippen molar-refractivity contribution in [3.63, 3.8) is 0 Å². The van der Waals surface area contributed by atoms with Crippen molar-refractivity contribution in [2.45, 2.75) is 6.42 Å². The summed E-state index contributed by atoms with van der Waals surface area (Å²) in [5.74, 6) is 0. The molecular weight excluding hydrogens is 340 g/mol. The Bertz CT molecular complexity index is 1040. The van der Waals surface area contributed by atoms with Gasteiger partial charge in [0, 0.05) is 38.0 Å². The van der Waals surface area contributed by atoms with Gasteiger partial charge in [-0.1, -0.05) is 72.8 Å². The van der Waals surface area contributed by atoms with Crippen LogP contribution in [0.4, 0.5) is 5.69 Å². The third-order valence-electron chi connectivity index (χ3n) is 5.00. The van der Waals surface area contributed by atoms with Crippen LogP contribution in [-0.4, -0.2) is 19.1 Å². The molecule has 0 unspecified atom stereocenters. The molecule has 0 N–H and O–H groups in total. The molecule has 3 aromatic carbocycles. The summed E-state index contributed by atoms with van der Waals surface area (Å²) in [6, 6.07) is 32.0. The van der Waals surface area contributed by atoms with Crippen LogP contribution in [0.1, 0.15) is 11.3 Å². The number of nitrogens with zero attached hydrogens (tertiary/aromatic N) is 2. The number of hydrogen-bond acceptors (Lipinski definition) is 2. The maximum absolute atomic E-state index is 4.77. The van der Waals surface area contributed by atoms with E-state index in [1.54, 1.807) is 0 Å². The van der Waals surface area contributed by atoms with Crippen LogP contribution in [0.3, 0.4) is 0 Å². The van der Waals surface area contributed by atoms with Gasteiger partial charge in [0.1, 0.15) is 0 Å². The SMILES string of the molecule is CN(C)c1ccc(-c2ccnc(Cc3ccccc3)c2-c2ccccc2)cc1. The highest BCUT2D eigenvalue weighted by Crippen LogP contribution is 2.35. The third kappa shape index (κ3) is 3.81. The number of rotatable bonds is 5. The van der Waals surface area contributed by atoms with Gasteiger partial charge >= 0.3 is 0 Å². The van der Waals surface area contributed by atoms with Crippen molar-refractivity contribution in [2.75, 3.05) is 19.0 Å². The predicted octanol–water partition coefficient (Wildman–Crippen LogP) is 6.07. The lowest BCUT2D eigenvalue weighted by Crippen LogP contribution is -2.08. The summed E-state index contributed by atoms with van der Waals surface area (Å²) in [7, 11) is 4.13. The van der Waals surface area contributed by atoms with E-state index in [-0.39, 0.29) is 0 Å². The van der Waals surface area contributed by atoms with Crippen molar-refractivity contribution in [1.82, 2.24) is 4.98 Å². The highest BCUT2D eigenvalue weighted by atomic mass is 15.1. The normalized spacial score (nSPS) is 10.6. The molecule has 138 valence electrons. The van der Waals surface area contributed by atoms with Gasteiger partial charge in [0.05, 0.1) is 5.69 Å². The molecule has 0 amide bonds. The zero-order valence-electron chi connectivity index (χ0n) is 16.3. The summed E-state index contributed by atoms with van der Waals surface area (Å²) in [6.07, 6.45) is 2.74. The van der Waals surface area contributed by atoms with Gasteiger partial charge in [-0.2, -0.15) is 0 Å². The maximum atomic E-state index is 4.77. The van der Waals surface area contributed by atoms with E-state index in [4.69, 9.17) is 4.98 Å². The molecule has 2 heteroatoms. The van der Waals surface area contributed by atoms with Gasteiger partial charge < -0.3 is 4.90 Å². The van der Waals surface area contributed by atoms with Crippen molar-refractivity contribution < 1.29 is 0 Å². The highest BCUT2D eigenvalue weighted by molar-refractivity contribution is 5.85. The van der Waals surface area contributed by atoms with Gasteiger partial charge in [-0.15, -0.1) is 0 Å². The van der Waals surface area contributed by atoms with Gasteiger partial charge in [0.25, 0.3) is 0 Å². The van der Waals surface area contributed by atoms with Gasteiger partial charge in [-0.05, 0) is 40.5 Å². The molecule has 1 aromatic heterocycles. The largest absolute Gasteiger partial charge is 0.378 e. The highest BCUT2D eigenvalue weighted by Gasteiger charge is 2.14. The number of aromatic nitrogens is 1. The second kappa shape index (κ2) is 8.10. The summed E-state index contributed by atoms with van der Waals surface area (Å²) in [5, 5.41) is 0. The first-order chi connectivity index (χ1) is 13.7. The smallest absolute Gasteiger partial charge is 0.0531 e. The van der Waals surface area contributed by atoms with Crippen LogP contribution >= 0.6 is 0 Å². The van der Waals surface area contributed by atoms with E-state index in [1.165, 1.54) is 33.5 Å². The lowest BCUT2D eigenvalue weighted by atomic mass is 9.91. The molecule has 0 bridgehead atoms. The molecule has 0 spiro atoms. The summed E-state index contributed by atoms with van der Waals surface area (Å²) < 4.78 is 0. The van der Waals surface area contributed by atoms with E-state index in [1.807, 2.05) is 6.20 Å². The monoisotopic (exact) mass is 364 g/mol. The van der Waals surface area contributed by atoms with Crippen molar-refractivity contribution >= 4 is 5.69 Å². The Morgan fingerprint density at radius 1 is 0.679 bits per heavy atom. The quantitative estimate of drug-likeness (QED) is 0.427. The van der Waals surface area contributed by atoms with Crippen LogP contribution < -0.4 is 4.90 Å². The Hall–Kier alpha value is -3.39. The lowest BCUT2D eigenvalue weighted by Gasteiger charge is -2.17. The predicted molar refractivity (Wildman–Crippen MR) is 119 cm³/mol. The summed E-state index contributed by atoms with van der Waals surface area (Å²) >= 11 is 0. The van der Waals surface area contributed by atoms with E-state index in [0.29, 0.717) is 0 Å². The van der Waals surface area contributed by atoms with Crippen LogP contribution in [-0.2, 0) is 6.42 Å². The van der Waals surface area contributed by atoms with E-state index >= 15 is 0 Å². The molecule has 0 saturated carbocycles. The standard InChI is InChI=1S/C26H24N2/c1-28(2)23-15-13-21(14-16-23)24-17-18-27-25(19-20-9-5-3-6-10-20)26(24)22-11-7-4-8-12-22/h3-18H,19H2,1-2H3. The fraction of sp³-hybridized carbons (Fsp3) is 0.115. The van der Waals surface area contributed by atoms with Crippen molar-refractivity contribution in [1.29, 1.82) is 0 Å². The lowest BCUT2D eigenvalue weighted by molar-refractivity contribution is 1.08. The number of anilines is 1. The molecule has 1 heterocycles. The average Bonchev–Trinajstić information content (AvgIpc) is 2.75. The molecule has 4 rings (SSSR count). The molecule has 0 radical (unpaired) electrons. The zero-order valence-corrected chi connectivity index (χ0v) is 16.3. The molecule has 0 aliphatic carbocycles. The fourth-order valence-corrected chi connectivity index (χ4v) is 3.53. The average molecular weight is 364 g/mol. The molecule has 0 atom stereocenters. The zero-order chi connectivity index (χ0) is 19.3. The second-order valence-electron chi connectivity index (χ2n) is 7.15. The van der Waals surface area contributed by atoms with Crippen LogP contribution in [0.15, 0.2) is 97.2 Å². The fourth-order valence-electron chi connectivity index (χ4n) is 3.53. The summed E-state index contributed by atoms with van der Waals surface area (Å²) in [6.45, 7) is 0. The van der Waals surface area contributed by atoms with E-state index in [0.717, 1.165) is 12.1 Å². The first kappa shape index (κ1) is 18.0. The second-order valence-corrected chi connectivity index (χ2v) is 7.15. The van der Waals surface area contributed by atoms with Gasteiger partial charge in [-0.3, -0.25) is 4.98 Å². The summed E-state index contributed by atoms with van der Waals surface area (Å²) in [5.41, 5.74) is 8.42. The number of pyridine rings is 1. The first-order valence-electron chi connectivity index (χ1n) is 9.57. The van der Waals surface area contributed by atoms with E-state index < -0.39 is 0 Å². The van der Waals surface area contributed by atoms with E-state index in [2.05, 4.69) is 110 Å². The number of benzene rings is 3. The van der Waals surface area contributed by atoms with Crippen molar-refractivity contribution in [3.05, 3.63) is 108 Å².